The van der Waals surface area contributed by atoms with Crippen LogP contribution in [0.25, 0.3) is 0 Å². The number of methoxy groups -OCH3 is 1. The third-order valence-corrected chi connectivity index (χ3v) is 4.33. The van der Waals surface area contributed by atoms with Gasteiger partial charge in [-0.25, -0.2) is 14.2 Å². The van der Waals surface area contributed by atoms with E-state index in [-0.39, 0.29) is 11.3 Å². The van der Waals surface area contributed by atoms with Gasteiger partial charge in [0.05, 0.1) is 18.3 Å². The number of thiazole rings is 1. The molecule has 2 rings (SSSR count). The van der Waals surface area contributed by atoms with Crippen LogP contribution in [0.2, 0.25) is 0 Å². The Balaban J connectivity index is 2.20. The van der Waals surface area contributed by atoms with E-state index in [0.717, 1.165) is 23.9 Å². The molecule has 0 fully saturated rings. The molecule has 0 radical (unpaired) electrons. The van der Waals surface area contributed by atoms with E-state index in [1.54, 1.807) is 0 Å². The Hall–Kier alpha value is -2.48. The van der Waals surface area contributed by atoms with Gasteiger partial charge in [-0.3, -0.25) is 4.79 Å². The molecule has 0 aliphatic rings. The van der Waals surface area contributed by atoms with Crippen LogP contribution >= 0.6 is 11.3 Å². The van der Waals surface area contributed by atoms with Crippen LogP contribution in [0.5, 0.6) is 5.75 Å². The van der Waals surface area contributed by atoms with Gasteiger partial charge in [0.1, 0.15) is 4.88 Å². The number of carboxylic acid groups (broad SMARTS) is 1. The summed E-state index contributed by atoms with van der Waals surface area (Å²) in [7, 11) is 1.31. The SMILES string of the molecule is CCCc1ncc(C(=O)NC(C(=O)O)c2ccc(OC)c(F)c2)s1. The number of ether oxygens (including phenoxy) is 1. The number of aliphatic carboxylic acids is 1. The first-order valence-electron chi connectivity index (χ1n) is 7.28. The highest BCUT2D eigenvalue weighted by Crippen LogP contribution is 2.23. The molecule has 0 saturated carbocycles. The van der Waals surface area contributed by atoms with Gasteiger partial charge in [-0.1, -0.05) is 13.0 Å². The maximum Gasteiger partial charge on any atom is 0.330 e. The first-order chi connectivity index (χ1) is 11.5. The van der Waals surface area contributed by atoms with Crippen molar-refractivity contribution in [3.8, 4) is 5.75 Å². The molecule has 0 saturated heterocycles. The molecule has 0 aliphatic heterocycles. The summed E-state index contributed by atoms with van der Waals surface area (Å²) in [5, 5.41) is 12.6. The number of hydrogen-bond acceptors (Lipinski definition) is 5. The number of benzene rings is 1. The number of nitrogens with one attached hydrogen (secondary N) is 1. The van der Waals surface area contributed by atoms with Crippen LogP contribution in [0, 0.1) is 5.82 Å². The Morgan fingerprint density at radius 3 is 2.79 bits per heavy atom. The average Bonchev–Trinajstić information content (AvgIpc) is 3.01. The first kappa shape index (κ1) is 17.9. The highest BCUT2D eigenvalue weighted by molar-refractivity contribution is 7.13. The number of amides is 1. The molecule has 2 N–H and O–H groups in total. The Morgan fingerprint density at radius 2 is 2.21 bits per heavy atom. The number of hydrogen-bond donors (Lipinski definition) is 2. The van der Waals surface area contributed by atoms with Gasteiger partial charge in [-0.15, -0.1) is 11.3 Å². The maximum absolute atomic E-state index is 13.8. The Bertz CT molecular complexity index is 747. The van der Waals surface area contributed by atoms with Crippen molar-refractivity contribution in [3.05, 3.63) is 45.7 Å². The molecule has 1 aromatic heterocycles. The van der Waals surface area contributed by atoms with Crippen molar-refractivity contribution in [1.82, 2.24) is 10.3 Å². The summed E-state index contributed by atoms with van der Waals surface area (Å²) in [6.45, 7) is 2.00. The third kappa shape index (κ3) is 4.08. The quantitative estimate of drug-likeness (QED) is 0.800. The van der Waals surface area contributed by atoms with Gasteiger partial charge < -0.3 is 15.2 Å². The van der Waals surface area contributed by atoms with Gasteiger partial charge in [0.15, 0.2) is 17.6 Å². The molecule has 6 nitrogen and oxygen atoms in total. The lowest BCUT2D eigenvalue weighted by atomic mass is 10.1. The highest BCUT2D eigenvalue weighted by atomic mass is 32.1. The minimum Gasteiger partial charge on any atom is -0.494 e. The lowest BCUT2D eigenvalue weighted by Crippen LogP contribution is -2.33. The van der Waals surface area contributed by atoms with E-state index in [0.29, 0.717) is 4.88 Å². The van der Waals surface area contributed by atoms with E-state index >= 15 is 0 Å². The molecule has 1 amide bonds. The van der Waals surface area contributed by atoms with Crippen LogP contribution in [-0.2, 0) is 11.2 Å². The Kier molecular flexibility index (Phi) is 5.86. The van der Waals surface area contributed by atoms with Crippen LogP contribution in [0.4, 0.5) is 4.39 Å². The zero-order valence-electron chi connectivity index (χ0n) is 13.2. The van der Waals surface area contributed by atoms with Crippen molar-refractivity contribution in [2.24, 2.45) is 0 Å². The standard InChI is InChI=1S/C16H17FN2O4S/c1-3-4-13-18-8-12(24-13)15(20)19-14(16(21)22)9-5-6-11(23-2)10(17)7-9/h5-8,14H,3-4H2,1-2H3,(H,19,20)(H,21,22). The van der Waals surface area contributed by atoms with Crippen LogP contribution in [0.15, 0.2) is 24.4 Å². The molecule has 0 aliphatic carbocycles. The lowest BCUT2D eigenvalue weighted by Gasteiger charge is -2.15. The van der Waals surface area contributed by atoms with Crippen LogP contribution in [0.1, 0.15) is 39.6 Å². The largest absolute Gasteiger partial charge is 0.494 e. The van der Waals surface area contributed by atoms with Crippen molar-refractivity contribution >= 4 is 23.2 Å². The predicted molar refractivity (Wildman–Crippen MR) is 86.9 cm³/mol. The highest BCUT2D eigenvalue weighted by Gasteiger charge is 2.24. The van der Waals surface area contributed by atoms with Crippen molar-refractivity contribution in [1.29, 1.82) is 0 Å². The minimum atomic E-state index is -1.37. The molecule has 1 heterocycles. The second kappa shape index (κ2) is 7.87. The van der Waals surface area contributed by atoms with E-state index in [1.807, 2.05) is 6.92 Å². The number of carbonyl (C=O) groups is 2. The van der Waals surface area contributed by atoms with E-state index in [4.69, 9.17) is 4.74 Å². The zero-order chi connectivity index (χ0) is 17.7. The molecule has 8 heteroatoms. The smallest absolute Gasteiger partial charge is 0.330 e. The van der Waals surface area contributed by atoms with Gasteiger partial charge in [0, 0.05) is 0 Å². The van der Waals surface area contributed by atoms with Crippen LogP contribution in [0.3, 0.4) is 0 Å². The summed E-state index contributed by atoms with van der Waals surface area (Å²) in [6, 6.07) is 2.39. The molecular weight excluding hydrogens is 335 g/mol. The summed E-state index contributed by atoms with van der Waals surface area (Å²) >= 11 is 1.21. The van der Waals surface area contributed by atoms with Gasteiger partial charge >= 0.3 is 5.97 Å². The van der Waals surface area contributed by atoms with Gasteiger partial charge in [-0.05, 0) is 30.5 Å². The number of halogens is 1. The van der Waals surface area contributed by atoms with E-state index < -0.39 is 23.7 Å². The summed E-state index contributed by atoms with van der Waals surface area (Å²) in [5.74, 6) is -2.54. The number of carboxylic acids is 1. The van der Waals surface area contributed by atoms with Crippen molar-refractivity contribution in [3.63, 3.8) is 0 Å². The number of rotatable bonds is 7. The normalized spacial score (nSPS) is 11.8. The molecule has 1 atom stereocenters. The number of aryl methyl sites for hydroxylation is 1. The molecule has 2 aromatic rings. The van der Waals surface area contributed by atoms with Crippen molar-refractivity contribution in [2.45, 2.75) is 25.8 Å². The summed E-state index contributed by atoms with van der Waals surface area (Å²) in [4.78, 5) is 28.1. The molecule has 0 bridgehead atoms. The number of carbonyl (C=O) groups excluding carboxylic acids is 1. The lowest BCUT2D eigenvalue weighted by molar-refractivity contribution is -0.139. The number of aromatic nitrogens is 1. The van der Waals surface area contributed by atoms with E-state index in [2.05, 4.69) is 10.3 Å². The first-order valence-corrected chi connectivity index (χ1v) is 8.09. The fraction of sp³-hybridized carbons (Fsp3) is 0.312. The van der Waals surface area contributed by atoms with E-state index in [1.165, 1.54) is 36.8 Å². The minimum absolute atomic E-state index is 0.000814. The molecule has 0 spiro atoms. The third-order valence-electron chi connectivity index (χ3n) is 3.27. The fourth-order valence-electron chi connectivity index (χ4n) is 2.10. The van der Waals surface area contributed by atoms with Crippen molar-refractivity contribution in [2.75, 3.05) is 7.11 Å². The fourth-order valence-corrected chi connectivity index (χ4v) is 3.02. The summed E-state index contributed by atoms with van der Waals surface area (Å²) in [5.41, 5.74) is 0.118. The van der Waals surface area contributed by atoms with Crippen LogP contribution in [-0.4, -0.2) is 29.1 Å². The van der Waals surface area contributed by atoms with Crippen LogP contribution < -0.4 is 10.1 Å². The summed E-state index contributed by atoms with van der Waals surface area (Å²) in [6.07, 6.45) is 3.07. The monoisotopic (exact) mass is 352 g/mol. The predicted octanol–water partition coefficient (Wildman–Crippen LogP) is 2.80. The molecular formula is C16H17FN2O4S. The summed E-state index contributed by atoms with van der Waals surface area (Å²) < 4.78 is 18.6. The number of nitrogens with zero attached hydrogens (tertiary/aromatic N) is 1. The Labute approximate surface area is 142 Å². The van der Waals surface area contributed by atoms with Gasteiger partial charge in [-0.2, -0.15) is 0 Å². The van der Waals surface area contributed by atoms with E-state index in [9.17, 15) is 19.1 Å². The average molecular weight is 352 g/mol. The Morgan fingerprint density at radius 1 is 1.46 bits per heavy atom. The molecule has 1 aromatic carbocycles. The maximum atomic E-state index is 13.8. The molecule has 24 heavy (non-hydrogen) atoms. The van der Waals surface area contributed by atoms with Gasteiger partial charge in [0.25, 0.3) is 5.91 Å². The second-order valence-electron chi connectivity index (χ2n) is 5.01. The van der Waals surface area contributed by atoms with Crippen molar-refractivity contribution < 1.29 is 23.8 Å². The molecule has 1 unspecified atom stereocenters. The van der Waals surface area contributed by atoms with Gasteiger partial charge in [0.2, 0.25) is 0 Å². The second-order valence-corrected chi connectivity index (χ2v) is 6.12. The zero-order valence-corrected chi connectivity index (χ0v) is 14.0. The topological polar surface area (TPSA) is 88.5 Å². The molecule has 128 valence electrons.